The molecular formula is C8H9F2N3O2. The van der Waals surface area contributed by atoms with E-state index in [0.29, 0.717) is 0 Å². The van der Waals surface area contributed by atoms with Crippen LogP contribution in [0.15, 0.2) is 6.07 Å². The molecule has 0 bridgehead atoms. The number of nitrogens with two attached hydrogens (primary N) is 2. The van der Waals surface area contributed by atoms with E-state index in [1.807, 2.05) is 0 Å². The summed E-state index contributed by atoms with van der Waals surface area (Å²) in [5, 5.41) is 0. The van der Waals surface area contributed by atoms with Gasteiger partial charge in [-0.05, 0) is 0 Å². The van der Waals surface area contributed by atoms with Crippen LogP contribution in [0.1, 0.15) is 22.5 Å². The molecule has 0 atom stereocenters. The van der Waals surface area contributed by atoms with Crippen LogP contribution in [0.25, 0.3) is 0 Å². The number of halogens is 2. The zero-order chi connectivity index (χ0) is 11.6. The van der Waals surface area contributed by atoms with Gasteiger partial charge in [-0.15, -0.1) is 0 Å². The molecular weight excluding hydrogens is 208 g/mol. The molecule has 0 saturated carbocycles. The first-order chi connectivity index (χ1) is 6.97. The number of nitrogens with zero attached hydrogens (tertiary/aromatic N) is 1. The van der Waals surface area contributed by atoms with Crippen LogP contribution in [0.3, 0.4) is 0 Å². The Morgan fingerprint density at radius 2 is 2.13 bits per heavy atom. The van der Waals surface area contributed by atoms with Crippen molar-refractivity contribution in [3.05, 3.63) is 17.3 Å². The number of esters is 1. The number of anilines is 2. The highest BCUT2D eigenvalue weighted by Crippen LogP contribution is 2.29. The molecule has 0 amide bonds. The van der Waals surface area contributed by atoms with E-state index >= 15 is 0 Å². The van der Waals surface area contributed by atoms with E-state index in [-0.39, 0.29) is 11.5 Å². The molecule has 1 rings (SSSR count). The molecule has 1 aromatic heterocycles. The van der Waals surface area contributed by atoms with Crippen molar-refractivity contribution >= 4 is 17.5 Å². The normalized spacial score (nSPS) is 10.4. The molecule has 7 heteroatoms. The highest BCUT2D eigenvalue weighted by Gasteiger charge is 2.24. The molecule has 15 heavy (non-hydrogen) atoms. The molecule has 0 fully saturated rings. The number of carbonyl (C=O) groups is 1. The molecule has 0 aliphatic heterocycles. The Morgan fingerprint density at radius 3 is 2.60 bits per heavy atom. The van der Waals surface area contributed by atoms with E-state index in [4.69, 9.17) is 11.5 Å². The Hall–Kier alpha value is -1.92. The highest BCUT2D eigenvalue weighted by molar-refractivity contribution is 5.91. The molecule has 5 nitrogen and oxygen atoms in total. The van der Waals surface area contributed by atoms with Crippen LogP contribution in [-0.2, 0) is 4.74 Å². The van der Waals surface area contributed by atoms with E-state index in [0.717, 1.165) is 13.2 Å². The number of rotatable bonds is 2. The topological polar surface area (TPSA) is 91.2 Å². The average molecular weight is 217 g/mol. The minimum Gasteiger partial charge on any atom is -0.464 e. The van der Waals surface area contributed by atoms with Crippen molar-refractivity contribution in [2.24, 2.45) is 0 Å². The van der Waals surface area contributed by atoms with E-state index in [9.17, 15) is 13.6 Å². The third-order valence-corrected chi connectivity index (χ3v) is 1.71. The molecule has 82 valence electrons. The van der Waals surface area contributed by atoms with Crippen molar-refractivity contribution in [2.75, 3.05) is 18.6 Å². The summed E-state index contributed by atoms with van der Waals surface area (Å²) in [6, 6.07) is 1.06. The van der Waals surface area contributed by atoms with Gasteiger partial charge in [0, 0.05) is 11.8 Å². The lowest BCUT2D eigenvalue weighted by molar-refractivity contribution is 0.0582. The second kappa shape index (κ2) is 4.07. The summed E-state index contributed by atoms with van der Waals surface area (Å²) in [6.07, 6.45) is -2.91. The van der Waals surface area contributed by atoms with Crippen LogP contribution in [0.2, 0.25) is 0 Å². The molecule has 0 unspecified atom stereocenters. The minimum atomic E-state index is -2.91. The van der Waals surface area contributed by atoms with Crippen molar-refractivity contribution in [1.29, 1.82) is 0 Å². The molecule has 1 aromatic rings. The Labute approximate surface area is 84.0 Å². The number of methoxy groups -OCH3 is 1. The van der Waals surface area contributed by atoms with E-state index in [2.05, 4.69) is 9.72 Å². The van der Waals surface area contributed by atoms with Gasteiger partial charge in [0.05, 0.1) is 12.7 Å². The van der Waals surface area contributed by atoms with Gasteiger partial charge >= 0.3 is 5.97 Å². The Bertz CT molecular complexity index is 396. The Balaban J connectivity index is 3.40. The number of carbonyl (C=O) groups excluding carboxylic acids is 1. The summed E-state index contributed by atoms with van der Waals surface area (Å²) >= 11 is 0. The highest BCUT2D eigenvalue weighted by atomic mass is 19.3. The second-order valence-corrected chi connectivity index (χ2v) is 2.69. The molecule has 0 spiro atoms. The van der Waals surface area contributed by atoms with Crippen LogP contribution in [0.5, 0.6) is 0 Å². The maximum absolute atomic E-state index is 12.5. The summed E-state index contributed by atoms with van der Waals surface area (Å²) < 4.78 is 29.4. The summed E-state index contributed by atoms with van der Waals surface area (Å²) in [5.74, 6) is -1.11. The largest absolute Gasteiger partial charge is 0.464 e. The summed E-state index contributed by atoms with van der Waals surface area (Å²) in [4.78, 5) is 14.6. The third kappa shape index (κ3) is 2.12. The van der Waals surface area contributed by atoms with Gasteiger partial charge in [0.2, 0.25) is 0 Å². The standard InChI is InChI=1S/C8H9F2N3O2/c1-15-8(14)6-5(7(9)10)3(11)2-4(12)13-6/h2,7H,1H3,(H4,11,12,13). The average Bonchev–Trinajstić information content (AvgIpc) is 2.14. The zero-order valence-corrected chi connectivity index (χ0v) is 7.83. The van der Waals surface area contributed by atoms with Gasteiger partial charge in [0.25, 0.3) is 6.43 Å². The lowest BCUT2D eigenvalue weighted by atomic mass is 10.1. The van der Waals surface area contributed by atoms with Gasteiger partial charge < -0.3 is 16.2 Å². The molecule has 0 saturated heterocycles. The van der Waals surface area contributed by atoms with Crippen molar-refractivity contribution in [2.45, 2.75) is 6.43 Å². The summed E-state index contributed by atoms with van der Waals surface area (Å²) in [7, 11) is 1.05. The molecule has 0 aliphatic rings. The lowest BCUT2D eigenvalue weighted by Gasteiger charge is -2.09. The van der Waals surface area contributed by atoms with Crippen LogP contribution >= 0.6 is 0 Å². The van der Waals surface area contributed by atoms with Gasteiger partial charge in [0.15, 0.2) is 5.69 Å². The minimum absolute atomic E-state index is 0.114. The molecule has 0 radical (unpaired) electrons. The monoisotopic (exact) mass is 217 g/mol. The predicted octanol–water partition coefficient (Wildman–Crippen LogP) is 0.970. The fourth-order valence-electron chi connectivity index (χ4n) is 1.08. The van der Waals surface area contributed by atoms with E-state index in [1.165, 1.54) is 0 Å². The van der Waals surface area contributed by atoms with Gasteiger partial charge in [-0.2, -0.15) is 0 Å². The number of hydrogen-bond acceptors (Lipinski definition) is 5. The third-order valence-electron chi connectivity index (χ3n) is 1.71. The Morgan fingerprint density at radius 1 is 1.53 bits per heavy atom. The van der Waals surface area contributed by atoms with Crippen LogP contribution in [0.4, 0.5) is 20.3 Å². The van der Waals surface area contributed by atoms with Crippen molar-refractivity contribution in [3.63, 3.8) is 0 Å². The summed E-state index contributed by atoms with van der Waals surface area (Å²) in [5.41, 5.74) is 9.10. The first-order valence-electron chi connectivity index (χ1n) is 3.89. The van der Waals surface area contributed by atoms with Crippen molar-refractivity contribution < 1.29 is 18.3 Å². The van der Waals surface area contributed by atoms with E-state index in [1.54, 1.807) is 0 Å². The Kier molecular flexibility index (Phi) is 3.03. The fraction of sp³-hybridized carbons (Fsp3) is 0.250. The quantitative estimate of drug-likeness (QED) is 0.720. The van der Waals surface area contributed by atoms with E-state index < -0.39 is 23.7 Å². The fourth-order valence-corrected chi connectivity index (χ4v) is 1.08. The van der Waals surface area contributed by atoms with Crippen molar-refractivity contribution in [3.8, 4) is 0 Å². The lowest BCUT2D eigenvalue weighted by Crippen LogP contribution is -2.13. The van der Waals surface area contributed by atoms with Crippen LogP contribution < -0.4 is 11.5 Å². The number of hydrogen-bond donors (Lipinski definition) is 2. The first-order valence-corrected chi connectivity index (χ1v) is 3.89. The number of nitrogen functional groups attached to an aromatic ring is 2. The molecule has 0 aliphatic carbocycles. The van der Waals surface area contributed by atoms with Gasteiger partial charge in [-0.1, -0.05) is 0 Å². The molecule has 1 heterocycles. The molecule has 4 N–H and O–H groups in total. The van der Waals surface area contributed by atoms with Crippen molar-refractivity contribution in [1.82, 2.24) is 4.98 Å². The first kappa shape index (κ1) is 11.2. The maximum Gasteiger partial charge on any atom is 0.357 e. The zero-order valence-electron chi connectivity index (χ0n) is 7.83. The predicted molar refractivity (Wildman–Crippen MR) is 49.4 cm³/mol. The van der Waals surface area contributed by atoms with Crippen LogP contribution in [0, 0.1) is 0 Å². The number of pyridine rings is 1. The molecule has 0 aromatic carbocycles. The van der Waals surface area contributed by atoms with Crippen LogP contribution in [-0.4, -0.2) is 18.1 Å². The number of ether oxygens (including phenoxy) is 1. The number of alkyl halides is 2. The van der Waals surface area contributed by atoms with Gasteiger partial charge in [-0.3, -0.25) is 0 Å². The summed E-state index contributed by atoms with van der Waals surface area (Å²) in [6.45, 7) is 0. The number of aromatic nitrogens is 1. The smallest absolute Gasteiger partial charge is 0.357 e. The van der Waals surface area contributed by atoms with Gasteiger partial charge in [-0.25, -0.2) is 18.6 Å². The van der Waals surface area contributed by atoms with Gasteiger partial charge in [0.1, 0.15) is 5.82 Å². The second-order valence-electron chi connectivity index (χ2n) is 2.69. The SMILES string of the molecule is COC(=O)c1nc(N)cc(N)c1C(F)F. The maximum atomic E-state index is 12.5.